The van der Waals surface area contributed by atoms with E-state index in [0.717, 1.165) is 0 Å². The van der Waals surface area contributed by atoms with E-state index in [9.17, 15) is 4.39 Å². The molecule has 106 valence electrons. The molecule has 0 radical (unpaired) electrons. The van der Waals surface area contributed by atoms with Gasteiger partial charge >= 0.3 is 0 Å². The molecule has 0 saturated heterocycles. The number of nitrogens with one attached hydrogen (secondary N) is 1. The van der Waals surface area contributed by atoms with E-state index < -0.39 is 0 Å². The third-order valence-electron chi connectivity index (χ3n) is 2.97. The van der Waals surface area contributed by atoms with Crippen molar-refractivity contribution >= 4 is 28.9 Å². The lowest BCUT2D eigenvalue weighted by atomic mass is 10.1. The van der Waals surface area contributed by atoms with E-state index in [1.54, 1.807) is 30.3 Å². The molecule has 0 aliphatic heterocycles. The molecule has 1 N–H and O–H groups in total. The van der Waals surface area contributed by atoms with E-state index in [0.29, 0.717) is 27.0 Å². The van der Waals surface area contributed by atoms with Crippen LogP contribution in [0.4, 0.5) is 10.1 Å². The smallest absolute Gasteiger partial charge is 0.132 e. The zero-order chi connectivity index (χ0) is 14.7. The van der Waals surface area contributed by atoms with Crippen LogP contribution in [0.15, 0.2) is 36.4 Å². The largest absolute Gasteiger partial charge is 0.496 e. The van der Waals surface area contributed by atoms with Crippen molar-refractivity contribution in [2.24, 2.45) is 0 Å². The fourth-order valence-corrected chi connectivity index (χ4v) is 2.37. The molecule has 2 nitrogen and oxygen atoms in total. The molecular weight excluding hydrogens is 300 g/mol. The minimum Gasteiger partial charge on any atom is -0.496 e. The molecule has 2 aromatic rings. The third kappa shape index (κ3) is 3.17. The molecule has 20 heavy (non-hydrogen) atoms. The quantitative estimate of drug-likeness (QED) is 0.825. The van der Waals surface area contributed by atoms with Crippen LogP contribution in [0.3, 0.4) is 0 Å². The number of ether oxygens (including phenoxy) is 1. The lowest BCUT2D eigenvalue weighted by Gasteiger charge is -2.20. The number of rotatable bonds is 4. The van der Waals surface area contributed by atoms with Gasteiger partial charge in [-0.15, -0.1) is 0 Å². The van der Waals surface area contributed by atoms with Crippen molar-refractivity contribution in [2.45, 2.75) is 13.0 Å². The van der Waals surface area contributed by atoms with Crippen molar-refractivity contribution in [3.05, 3.63) is 57.8 Å². The molecule has 0 fully saturated rings. The van der Waals surface area contributed by atoms with Crippen molar-refractivity contribution < 1.29 is 9.13 Å². The maximum Gasteiger partial charge on any atom is 0.132 e. The van der Waals surface area contributed by atoms with Crippen molar-refractivity contribution in [3.63, 3.8) is 0 Å². The molecule has 1 unspecified atom stereocenters. The van der Waals surface area contributed by atoms with Crippen LogP contribution in [0.1, 0.15) is 18.5 Å². The third-order valence-corrected chi connectivity index (χ3v) is 3.53. The predicted molar refractivity (Wildman–Crippen MR) is 81.5 cm³/mol. The molecule has 0 amide bonds. The standard InChI is InChI=1S/C15H14Cl2FNO/c1-9(15-12(18)4-3-5-14(15)20-2)19-13-8-10(16)6-7-11(13)17/h3-9,19H,1-2H3. The Morgan fingerprint density at radius 1 is 1.20 bits per heavy atom. The zero-order valence-electron chi connectivity index (χ0n) is 11.1. The second kappa shape index (κ2) is 6.33. The average molecular weight is 314 g/mol. The number of methoxy groups -OCH3 is 1. The van der Waals surface area contributed by atoms with Crippen molar-refractivity contribution in [3.8, 4) is 5.75 Å². The highest BCUT2D eigenvalue weighted by atomic mass is 35.5. The van der Waals surface area contributed by atoms with Crippen LogP contribution in [-0.2, 0) is 0 Å². The molecule has 0 aliphatic rings. The Bertz CT molecular complexity index is 619. The van der Waals surface area contributed by atoms with E-state index in [1.807, 2.05) is 6.92 Å². The maximum absolute atomic E-state index is 14.0. The first-order valence-corrected chi connectivity index (χ1v) is 6.82. The van der Waals surface area contributed by atoms with Gasteiger partial charge in [0.1, 0.15) is 11.6 Å². The van der Waals surface area contributed by atoms with Crippen LogP contribution in [0.5, 0.6) is 5.75 Å². The molecule has 0 bridgehead atoms. The van der Waals surface area contributed by atoms with Gasteiger partial charge in [0.2, 0.25) is 0 Å². The first-order chi connectivity index (χ1) is 9.52. The molecule has 0 saturated carbocycles. The average Bonchev–Trinajstić information content (AvgIpc) is 2.42. The van der Waals surface area contributed by atoms with Gasteiger partial charge in [-0.05, 0) is 37.3 Å². The van der Waals surface area contributed by atoms with Crippen LogP contribution >= 0.6 is 23.2 Å². The number of halogens is 3. The molecule has 0 heterocycles. The predicted octanol–water partition coefficient (Wildman–Crippen LogP) is 5.31. The molecule has 5 heteroatoms. The molecular formula is C15H14Cl2FNO. The maximum atomic E-state index is 14.0. The minimum absolute atomic E-state index is 0.317. The first kappa shape index (κ1) is 14.9. The van der Waals surface area contributed by atoms with Crippen LogP contribution < -0.4 is 10.1 Å². The molecule has 2 rings (SSSR count). The monoisotopic (exact) mass is 313 g/mol. The van der Waals surface area contributed by atoms with Gasteiger partial charge in [0.15, 0.2) is 0 Å². The lowest BCUT2D eigenvalue weighted by molar-refractivity contribution is 0.402. The fraction of sp³-hybridized carbons (Fsp3) is 0.200. The van der Waals surface area contributed by atoms with E-state index in [1.165, 1.54) is 13.2 Å². The summed E-state index contributed by atoms with van der Waals surface area (Å²) >= 11 is 12.0. The molecule has 0 spiro atoms. The summed E-state index contributed by atoms with van der Waals surface area (Å²) in [6.45, 7) is 1.83. The van der Waals surface area contributed by atoms with E-state index >= 15 is 0 Å². The van der Waals surface area contributed by atoms with Crippen LogP contribution in [-0.4, -0.2) is 7.11 Å². The Labute approximate surface area is 127 Å². The Kier molecular flexibility index (Phi) is 4.73. The zero-order valence-corrected chi connectivity index (χ0v) is 12.6. The molecule has 0 aliphatic carbocycles. The summed E-state index contributed by atoms with van der Waals surface area (Å²) in [6.07, 6.45) is 0. The Balaban J connectivity index is 2.33. The SMILES string of the molecule is COc1cccc(F)c1C(C)Nc1cc(Cl)ccc1Cl. The molecule has 2 aromatic carbocycles. The molecule has 0 aromatic heterocycles. The summed E-state index contributed by atoms with van der Waals surface area (Å²) in [4.78, 5) is 0. The fourth-order valence-electron chi connectivity index (χ4n) is 2.03. The van der Waals surface area contributed by atoms with Gasteiger partial charge in [-0.25, -0.2) is 4.39 Å². The van der Waals surface area contributed by atoms with Crippen LogP contribution in [0, 0.1) is 5.82 Å². The first-order valence-electron chi connectivity index (χ1n) is 6.07. The molecule has 1 atom stereocenters. The summed E-state index contributed by atoms with van der Waals surface area (Å²) in [6, 6.07) is 9.50. The van der Waals surface area contributed by atoms with Gasteiger partial charge in [-0.1, -0.05) is 29.3 Å². The van der Waals surface area contributed by atoms with E-state index in [-0.39, 0.29) is 11.9 Å². The van der Waals surface area contributed by atoms with Crippen molar-refractivity contribution in [2.75, 3.05) is 12.4 Å². The van der Waals surface area contributed by atoms with Gasteiger partial charge in [0, 0.05) is 5.02 Å². The van der Waals surface area contributed by atoms with Gasteiger partial charge in [-0.2, -0.15) is 0 Å². The van der Waals surface area contributed by atoms with Gasteiger partial charge in [0.05, 0.1) is 29.4 Å². The Morgan fingerprint density at radius 2 is 1.95 bits per heavy atom. The summed E-state index contributed by atoms with van der Waals surface area (Å²) in [7, 11) is 1.51. The van der Waals surface area contributed by atoms with E-state index in [2.05, 4.69) is 5.32 Å². The van der Waals surface area contributed by atoms with Crippen LogP contribution in [0.25, 0.3) is 0 Å². The van der Waals surface area contributed by atoms with Gasteiger partial charge in [-0.3, -0.25) is 0 Å². The highest BCUT2D eigenvalue weighted by Gasteiger charge is 2.17. The minimum atomic E-state index is -0.331. The summed E-state index contributed by atoms with van der Waals surface area (Å²) in [5, 5.41) is 4.23. The number of benzene rings is 2. The second-order valence-electron chi connectivity index (χ2n) is 4.35. The highest BCUT2D eigenvalue weighted by Crippen LogP contribution is 2.33. The summed E-state index contributed by atoms with van der Waals surface area (Å²) in [5.74, 6) is 0.158. The highest BCUT2D eigenvalue weighted by molar-refractivity contribution is 6.35. The second-order valence-corrected chi connectivity index (χ2v) is 5.19. The van der Waals surface area contributed by atoms with Crippen molar-refractivity contribution in [1.82, 2.24) is 0 Å². The van der Waals surface area contributed by atoms with Crippen LogP contribution in [0.2, 0.25) is 10.0 Å². The van der Waals surface area contributed by atoms with Gasteiger partial charge < -0.3 is 10.1 Å². The number of hydrogen-bond acceptors (Lipinski definition) is 2. The summed E-state index contributed by atoms with van der Waals surface area (Å²) in [5.41, 5.74) is 1.10. The van der Waals surface area contributed by atoms with Gasteiger partial charge in [0.25, 0.3) is 0 Å². The topological polar surface area (TPSA) is 21.3 Å². The summed E-state index contributed by atoms with van der Waals surface area (Å²) < 4.78 is 19.2. The van der Waals surface area contributed by atoms with E-state index in [4.69, 9.17) is 27.9 Å². The number of hydrogen-bond donors (Lipinski definition) is 1. The lowest BCUT2D eigenvalue weighted by Crippen LogP contribution is -2.10. The Hall–Kier alpha value is -1.45. The normalized spacial score (nSPS) is 12.1. The van der Waals surface area contributed by atoms with Crippen molar-refractivity contribution in [1.29, 1.82) is 0 Å². The number of anilines is 1. The Morgan fingerprint density at radius 3 is 2.65 bits per heavy atom.